The lowest BCUT2D eigenvalue weighted by Crippen LogP contribution is -2.42. The van der Waals surface area contributed by atoms with Gasteiger partial charge in [0.15, 0.2) is 11.6 Å². The summed E-state index contributed by atoms with van der Waals surface area (Å²) in [5.74, 6) is 0.0747. The van der Waals surface area contributed by atoms with Crippen LogP contribution in [0.3, 0.4) is 0 Å². The van der Waals surface area contributed by atoms with Gasteiger partial charge in [0.05, 0.1) is 7.11 Å². The predicted octanol–water partition coefficient (Wildman–Crippen LogP) is 2.12. The Morgan fingerprint density at radius 1 is 1.36 bits per heavy atom. The maximum Gasteiger partial charge on any atom is 0.223 e. The van der Waals surface area contributed by atoms with Gasteiger partial charge in [0.2, 0.25) is 5.91 Å². The second-order valence-electron chi connectivity index (χ2n) is 6.15. The summed E-state index contributed by atoms with van der Waals surface area (Å²) in [4.78, 5) is 14.7. The molecule has 2 unspecified atom stereocenters. The van der Waals surface area contributed by atoms with Crippen LogP contribution in [0.15, 0.2) is 18.2 Å². The van der Waals surface area contributed by atoms with Crippen molar-refractivity contribution in [3.05, 3.63) is 29.6 Å². The van der Waals surface area contributed by atoms with E-state index in [1.165, 1.54) is 13.2 Å². The van der Waals surface area contributed by atoms with Crippen molar-refractivity contribution in [3.63, 3.8) is 0 Å². The van der Waals surface area contributed by atoms with E-state index in [1.807, 2.05) is 6.07 Å². The molecule has 2 fully saturated rings. The van der Waals surface area contributed by atoms with Gasteiger partial charge < -0.3 is 15.0 Å². The summed E-state index contributed by atoms with van der Waals surface area (Å²) < 4.78 is 18.6. The molecule has 0 saturated carbocycles. The molecule has 1 aromatic carbocycles. The average molecular weight is 306 g/mol. The van der Waals surface area contributed by atoms with Gasteiger partial charge in [-0.15, -0.1) is 0 Å². The molecule has 4 nitrogen and oxygen atoms in total. The molecule has 0 spiro atoms. The topological polar surface area (TPSA) is 41.6 Å². The van der Waals surface area contributed by atoms with Gasteiger partial charge in [0.25, 0.3) is 0 Å². The molecule has 1 aromatic rings. The first-order valence-corrected chi connectivity index (χ1v) is 8.03. The Bertz CT molecular complexity index is 535. The molecule has 5 heteroatoms. The number of nitrogens with zero attached hydrogens (tertiary/aromatic N) is 1. The number of carbonyl (C=O) groups excluding carboxylic acids is 1. The largest absolute Gasteiger partial charge is 0.494 e. The van der Waals surface area contributed by atoms with Gasteiger partial charge in [-0.1, -0.05) is 6.07 Å². The minimum absolute atomic E-state index is 0.201. The van der Waals surface area contributed by atoms with Crippen molar-refractivity contribution in [3.8, 4) is 5.75 Å². The zero-order valence-electron chi connectivity index (χ0n) is 13.0. The smallest absolute Gasteiger partial charge is 0.223 e. The van der Waals surface area contributed by atoms with Crippen LogP contribution in [0.2, 0.25) is 0 Å². The fourth-order valence-corrected chi connectivity index (χ4v) is 3.64. The van der Waals surface area contributed by atoms with Gasteiger partial charge in [-0.25, -0.2) is 4.39 Å². The molecule has 0 aromatic heterocycles. The van der Waals surface area contributed by atoms with E-state index < -0.39 is 0 Å². The molecule has 2 heterocycles. The van der Waals surface area contributed by atoms with Crippen molar-refractivity contribution in [2.45, 2.75) is 44.2 Å². The minimum atomic E-state index is -0.369. The van der Waals surface area contributed by atoms with Gasteiger partial charge in [-0.2, -0.15) is 0 Å². The molecule has 2 saturated heterocycles. The molecule has 2 bridgehead atoms. The van der Waals surface area contributed by atoms with Crippen LogP contribution < -0.4 is 10.1 Å². The summed E-state index contributed by atoms with van der Waals surface area (Å²) in [5.41, 5.74) is 0.840. The third-order valence-electron chi connectivity index (χ3n) is 4.79. The number of hydrogen-bond donors (Lipinski definition) is 1. The number of benzene rings is 1. The van der Waals surface area contributed by atoms with Crippen LogP contribution >= 0.6 is 0 Å². The van der Waals surface area contributed by atoms with E-state index in [0.717, 1.165) is 37.9 Å². The Morgan fingerprint density at radius 3 is 2.95 bits per heavy atom. The fourth-order valence-electron chi connectivity index (χ4n) is 3.64. The zero-order chi connectivity index (χ0) is 15.5. The highest BCUT2D eigenvalue weighted by Crippen LogP contribution is 2.29. The Balaban J connectivity index is 1.61. The second kappa shape index (κ2) is 6.65. The molecule has 1 N–H and O–H groups in total. The Labute approximate surface area is 130 Å². The van der Waals surface area contributed by atoms with Crippen LogP contribution in [0.1, 0.15) is 31.2 Å². The lowest BCUT2D eigenvalue weighted by molar-refractivity contribution is -0.133. The lowest BCUT2D eigenvalue weighted by Gasteiger charge is -2.28. The lowest BCUT2D eigenvalue weighted by atomic mass is 10.1. The maximum atomic E-state index is 13.7. The van der Waals surface area contributed by atoms with E-state index in [-0.39, 0.29) is 17.5 Å². The second-order valence-corrected chi connectivity index (χ2v) is 6.15. The molecule has 2 atom stereocenters. The highest BCUT2D eigenvalue weighted by molar-refractivity contribution is 5.77. The summed E-state index contributed by atoms with van der Waals surface area (Å²) in [6.07, 6.45) is 4.27. The van der Waals surface area contributed by atoms with E-state index in [0.29, 0.717) is 24.9 Å². The van der Waals surface area contributed by atoms with Gasteiger partial charge in [0.1, 0.15) is 0 Å². The Kier molecular flexibility index (Phi) is 4.62. The van der Waals surface area contributed by atoms with Gasteiger partial charge in [0, 0.05) is 25.0 Å². The molecule has 1 amide bonds. The number of carbonyl (C=O) groups is 1. The van der Waals surface area contributed by atoms with Crippen molar-refractivity contribution in [2.24, 2.45) is 0 Å². The number of ether oxygens (including phenoxy) is 1. The third kappa shape index (κ3) is 3.09. The summed E-state index contributed by atoms with van der Waals surface area (Å²) in [6, 6.07) is 5.64. The average Bonchev–Trinajstić information content (AvgIpc) is 2.78. The van der Waals surface area contributed by atoms with Crippen LogP contribution in [0.25, 0.3) is 0 Å². The van der Waals surface area contributed by atoms with Gasteiger partial charge in [-0.3, -0.25) is 4.79 Å². The molecule has 22 heavy (non-hydrogen) atoms. The molecule has 3 rings (SSSR count). The van der Waals surface area contributed by atoms with E-state index >= 15 is 0 Å². The van der Waals surface area contributed by atoms with E-state index in [4.69, 9.17) is 4.74 Å². The van der Waals surface area contributed by atoms with Crippen LogP contribution in [0, 0.1) is 5.82 Å². The minimum Gasteiger partial charge on any atom is -0.494 e. The summed E-state index contributed by atoms with van der Waals surface area (Å²) in [7, 11) is 1.45. The standard InChI is InChI=1S/C17H23FN2O2/c1-22-16-6-2-12(10-15(16)18)3-7-17(21)20-13-4-5-14(20)11-19-9-8-13/h2,6,10,13-14,19H,3-5,7-9,11H2,1H3. The van der Waals surface area contributed by atoms with E-state index in [1.54, 1.807) is 6.07 Å². The quantitative estimate of drug-likeness (QED) is 0.926. The maximum absolute atomic E-state index is 13.7. The number of fused-ring (bicyclic) bond motifs is 2. The molecule has 0 aliphatic carbocycles. The first kappa shape index (κ1) is 15.3. The first-order chi connectivity index (χ1) is 10.7. The fraction of sp³-hybridized carbons (Fsp3) is 0.588. The molecule has 2 aliphatic rings. The van der Waals surface area contributed by atoms with Gasteiger partial charge >= 0.3 is 0 Å². The van der Waals surface area contributed by atoms with Crippen LogP contribution in [-0.2, 0) is 11.2 Å². The number of nitrogens with one attached hydrogen (secondary N) is 1. The summed E-state index contributed by atoms with van der Waals surface area (Å²) in [5, 5.41) is 3.40. The Morgan fingerprint density at radius 2 is 2.18 bits per heavy atom. The number of methoxy groups -OCH3 is 1. The monoisotopic (exact) mass is 306 g/mol. The molecular weight excluding hydrogens is 283 g/mol. The van der Waals surface area contributed by atoms with Gasteiger partial charge in [-0.05, 0) is 49.9 Å². The zero-order valence-corrected chi connectivity index (χ0v) is 13.0. The SMILES string of the molecule is COc1ccc(CCC(=O)N2C3CCNCC2CC3)cc1F. The molecule has 120 valence electrons. The summed E-state index contributed by atoms with van der Waals surface area (Å²) in [6.45, 7) is 1.90. The summed E-state index contributed by atoms with van der Waals surface area (Å²) >= 11 is 0. The number of amides is 1. The van der Waals surface area contributed by atoms with E-state index in [2.05, 4.69) is 10.2 Å². The van der Waals surface area contributed by atoms with Crippen molar-refractivity contribution in [1.29, 1.82) is 0 Å². The predicted molar refractivity (Wildman–Crippen MR) is 82.4 cm³/mol. The van der Waals surface area contributed by atoms with Crippen LogP contribution in [-0.4, -0.2) is 43.1 Å². The highest BCUT2D eigenvalue weighted by atomic mass is 19.1. The first-order valence-electron chi connectivity index (χ1n) is 8.03. The number of halogens is 1. The Hall–Kier alpha value is -1.62. The van der Waals surface area contributed by atoms with E-state index in [9.17, 15) is 9.18 Å². The van der Waals surface area contributed by atoms with Crippen molar-refractivity contribution < 1.29 is 13.9 Å². The molecule has 0 radical (unpaired) electrons. The number of hydrogen-bond acceptors (Lipinski definition) is 3. The molecular formula is C17H23FN2O2. The highest BCUT2D eigenvalue weighted by Gasteiger charge is 2.37. The van der Waals surface area contributed by atoms with Crippen molar-refractivity contribution in [2.75, 3.05) is 20.2 Å². The van der Waals surface area contributed by atoms with Crippen LogP contribution in [0.4, 0.5) is 4.39 Å². The van der Waals surface area contributed by atoms with Crippen LogP contribution in [0.5, 0.6) is 5.75 Å². The number of aryl methyl sites for hydroxylation is 1. The normalized spacial score (nSPS) is 24.2. The van der Waals surface area contributed by atoms with Crippen molar-refractivity contribution in [1.82, 2.24) is 10.2 Å². The number of rotatable bonds is 4. The third-order valence-corrected chi connectivity index (χ3v) is 4.79. The molecule has 2 aliphatic heterocycles. The van der Waals surface area contributed by atoms with Crippen molar-refractivity contribution >= 4 is 5.91 Å².